The van der Waals surface area contributed by atoms with Crippen LogP contribution in [0.3, 0.4) is 0 Å². The number of rotatable bonds is 8. The first-order valence-corrected chi connectivity index (χ1v) is 11.6. The number of ether oxygens (including phenoxy) is 1. The Balaban J connectivity index is 1.67. The normalized spacial score (nSPS) is 13.4. The Bertz CT molecular complexity index is 1280. The van der Waals surface area contributed by atoms with Crippen LogP contribution in [0.1, 0.15) is 51.5 Å². The molecule has 2 aromatic heterocycles. The number of para-hydroxylation sites is 2. The molecule has 4 nitrogen and oxygen atoms in total. The Kier molecular flexibility index (Phi) is 6.40. The average Bonchev–Trinajstić information content (AvgIpc) is 3.24. The highest BCUT2D eigenvalue weighted by atomic mass is 35.5. The molecule has 4 rings (SSSR count). The third-order valence-corrected chi connectivity index (χ3v) is 6.40. The zero-order valence-corrected chi connectivity index (χ0v) is 18.8. The van der Waals surface area contributed by atoms with Crippen molar-refractivity contribution >= 4 is 45.0 Å². The van der Waals surface area contributed by atoms with E-state index in [1.54, 1.807) is 4.40 Å². The summed E-state index contributed by atoms with van der Waals surface area (Å²) in [5, 5.41) is 0.614. The number of fused-ring (bicyclic) bond motifs is 3. The molecule has 2 heterocycles. The summed E-state index contributed by atoms with van der Waals surface area (Å²) in [6.07, 6.45) is 7.84. The molecule has 156 valence electrons. The number of nitrogens with zero attached hydrogens (tertiary/aromatic N) is 2. The number of unbranched alkanes of at least 4 members (excludes halogenated alkanes) is 3. The monoisotopic (exact) mass is 440 g/mol. The van der Waals surface area contributed by atoms with E-state index in [-0.39, 0.29) is 11.7 Å². The Morgan fingerprint density at radius 3 is 2.87 bits per heavy atom. The van der Waals surface area contributed by atoms with E-state index in [0.29, 0.717) is 14.5 Å². The van der Waals surface area contributed by atoms with Gasteiger partial charge in [0.2, 0.25) is 0 Å². The van der Waals surface area contributed by atoms with Gasteiger partial charge < -0.3 is 4.74 Å². The lowest BCUT2D eigenvalue weighted by atomic mass is 10.1. The molecule has 0 fully saturated rings. The smallest absolute Gasteiger partial charge is 0.274 e. The summed E-state index contributed by atoms with van der Waals surface area (Å²) in [5.74, 6) is 0.748. The molecule has 4 aromatic rings. The maximum atomic E-state index is 13.1. The van der Waals surface area contributed by atoms with E-state index in [1.165, 1.54) is 30.6 Å². The topological polar surface area (TPSA) is 43.6 Å². The van der Waals surface area contributed by atoms with Gasteiger partial charge in [0.25, 0.3) is 5.56 Å². The molecule has 1 atom stereocenters. The van der Waals surface area contributed by atoms with Crippen LogP contribution in [-0.4, -0.2) is 15.5 Å². The number of thiazole rings is 1. The van der Waals surface area contributed by atoms with Crippen LogP contribution in [0, 0.1) is 0 Å². The third kappa shape index (κ3) is 4.37. The van der Waals surface area contributed by atoms with E-state index in [0.717, 1.165) is 35.2 Å². The van der Waals surface area contributed by atoms with Crippen LogP contribution >= 0.6 is 22.9 Å². The molecule has 0 spiro atoms. The molecule has 6 heteroatoms. The lowest BCUT2D eigenvalue weighted by Crippen LogP contribution is -2.23. The van der Waals surface area contributed by atoms with Gasteiger partial charge in [0, 0.05) is 10.6 Å². The molecule has 0 saturated carbocycles. The van der Waals surface area contributed by atoms with Crippen LogP contribution in [0.5, 0.6) is 5.75 Å². The minimum atomic E-state index is -0.0674. The molecule has 0 aliphatic rings. The summed E-state index contributed by atoms with van der Waals surface area (Å²) < 4.78 is 8.50. The van der Waals surface area contributed by atoms with E-state index >= 15 is 0 Å². The largest absolute Gasteiger partial charge is 0.490 e. The summed E-state index contributed by atoms with van der Waals surface area (Å²) >= 11 is 7.63. The molecule has 0 aliphatic heterocycles. The first-order chi connectivity index (χ1) is 14.6. The van der Waals surface area contributed by atoms with Crippen molar-refractivity contribution < 1.29 is 4.74 Å². The maximum absolute atomic E-state index is 13.1. The SMILES string of the molecule is CCCCCC[C@H](C)Oc1ccc(Cl)cc1/C=c1\sc2nc3ccccc3n2c1=O. The van der Waals surface area contributed by atoms with Crippen LogP contribution in [0.15, 0.2) is 47.3 Å². The lowest BCUT2D eigenvalue weighted by Gasteiger charge is -2.16. The van der Waals surface area contributed by atoms with Gasteiger partial charge in [-0.1, -0.05) is 61.3 Å². The van der Waals surface area contributed by atoms with Crippen molar-refractivity contribution in [1.82, 2.24) is 9.38 Å². The van der Waals surface area contributed by atoms with Crippen molar-refractivity contribution in [2.45, 2.75) is 52.1 Å². The van der Waals surface area contributed by atoms with Gasteiger partial charge in [-0.05, 0) is 56.2 Å². The van der Waals surface area contributed by atoms with Crippen molar-refractivity contribution in [1.29, 1.82) is 0 Å². The zero-order chi connectivity index (χ0) is 21.1. The summed E-state index contributed by atoms with van der Waals surface area (Å²) in [4.78, 5) is 18.3. The molecule has 30 heavy (non-hydrogen) atoms. The summed E-state index contributed by atoms with van der Waals surface area (Å²) in [6, 6.07) is 13.2. The van der Waals surface area contributed by atoms with E-state index < -0.39 is 0 Å². The highest BCUT2D eigenvalue weighted by molar-refractivity contribution is 7.15. The number of hydrogen-bond acceptors (Lipinski definition) is 4. The van der Waals surface area contributed by atoms with Crippen molar-refractivity contribution in [3.63, 3.8) is 0 Å². The Morgan fingerprint density at radius 1 is 1.20 bits per heavy atom. The number of halogens is 1. The standard InChI is InChI=1S/C24H25ClN2O2S/c1-3-4-5-6-9-16(2)29-21-13-12-18(25)14-17(21)15-22-23(28)27-20-11-8-7-10-19(20)26-24(27)30-22/h7-8,10-16H,3-6,9H2,1-2H3/b22-15-/t16-/m0/s1. The number of aromatic nitrogens is 2. The predicted molar refractivity (Wildman–Crippen MR) is 126 cm³/mol. The lowest BCUT2D eigenvalue weighted by molar-refractivity contribution is 0.206. The molecular weight excluding hydrogens is 416 g/mol. The van der Waals surface area contributed by atoms with Crippen LogP contribution in [-0.2, 0) is 0 Å². The second-order valence-corrected chi connectivity index (χ2v) is 9.04. The van der Waals surface area contributed by atoms with Gasteiger partial charge in [0.1, 0.15) is 5.75 Å². The summed E-state index contributed by atoms with van der Waals surface area (Å²) in [7, 11) is 0. The van der Waals surface area contributed by atoms with Crippen molar-refractivity contribution in [2.24, 2.45) is 0 Å². The second-order valence-electron chi connectivity index (χ2n) is 7.59. The average molecular weight is 441 g/mol. The molecule has 0 unspecified atom stereocenters. The molecule has 0 saturated heterocycles. The fraction of sp³-hybridized carbons (Fsp3) is 0.333. The van der Waals surface area contributed by atoms with Gasteiger partial charge >= 0.3 is 0 Å². The predicted octanol–water partition coefficient (Wildman–Crippen LogP) is 5.85. The summed E-state index contributed by atoms with van der Waals surface area (Å²) in [5.41, 5.74) is 2.41. The Hall–Kier alpha value is -2.37. The molecule has 0 N–H and O–H groups in total. The quantitative estimate of drug-likeness (QED) is 0.323. The Morgan fingerprint density at radius 2 is 2.03 bits per heavy atom. The zero-order valence-electron chi connectivity index (χ0n) is 17.2. The van der Waals surface area contributed by atoms with Gasteiger partial charge in [-0.2, -0.15) is 0 Å². The van der Waals surface area contributed by atoms with Crippen LogP contribution in [0.2, 0.25) is 5.02 Å². The highest BCUT2D eigenvalue weighted by Gasteiger charge is 2.12. The summed E-state index contributed by atoms with van der Waals surface area (Å²) in [6.45, 7) is 4.30. The molecule has 0 amide bonds. The van der Waals surface area contributed by atoms with E-state index in [2.05, 4.69) is 18.8 Å². The van der Waals surface area contributed by atoms with Gasteiger partial charge in [-0.15, -0.1) is 0 Å². The molecule has 0 radical (unpaired) electrons. The fourth-order valence-corrected chi connectivity index (χ4v) is 4.79. The van der Waals surface area contributed by atoms with Gasteiger partial charge in [-0.25, -0.2) is 9.38 Å². The maximum Gasteiger partial charge on any atom is 0.274 e. The highest BCUT2D eigenvalue weighted by Crippen LogP contribution is 2.26. The van der Waals surface area contributed by atoms with Gasteiger partial charge in [-0.3, -0.25) is 4.79 Å². The third-order valence-electron chi connectivity index (χ3n) is 5.20. The van der Waals surface area contributed by atoms with E-state index in [9.17, 15) is 4.79 Å². The molecule has 0 aliphatic carbocycles. The fourth-order valence-electron chi connectivity index (χ4n) is 3.63. The van der Waals surface area contributed by atoms with Crippen molar-refractivity contribution in [3.05, 3.63) is 67.9 Å². The van der Waals surface area contributed by atoms with Crippen molar-refractivity contribution in [2.75, 3.05) is 0 Å². The molecule has 2 aromatic carbocycles. The van der Waals surface area contributed by atoms with Crippen LogP contribution < -0.4 is 14.8 Å². The molecular formula is C24H25ClN2O2S. The van der Waals surface area contributed by atoms with Crippen molar-refractivity contribution in [3.8, 4) is 5.75 Å². The van der Waals surface area contributed by atoms with Crippen LogP contribution in [0.25, 0.3) is 22.1 Å². The second kappa shape index (κ2) is 9.19. The minimum absolute atomic E-state index is 0.0674. The van der Waals surface area contributed by atoms with E-state index in [1.807, 2.05) is 48.5 Å². The number of hydrogen-bond donors (Lipinski definition) is 0. The minimum Gasteiger partial charge on any atom is -0.490 e. The first kappa shape index (κ1) is 20.9. The van der Waals surface area contributed by atoms with E-state index in [4.69, 9.17) is 16.3 Å². The Labute approximate surface area is 184 Å². The number of benzene rings is 2. The molecule has 0 bridgehead atoms. The van der Waals surface area contributed by atoms with Crippen LogP contribution in [0.4, 0.5) is 0 Å². The number of imidazole rings is 1. The van der Waals surface area contributed by atoms with Gasteiger partial charge in [0.05, 0.1) is 21.7 Å². The van der Waals surface area contributed by atoms with Gasteiger partial charge in [0.15, 0.2) is 4.96 Å². The first-order valence-electron chi connectivity index (χ1n) is 10.4.